The Balaban J connectivity index is 2.24. The monoisotopic (exact) mass is 174 g/mol. The van der Waals surface area contributed by atoms with Crippen LogP contribution in [0.4, 0.5) is 0 Å². The largest absolute Gasteiger partial charge is 0.481 e. The van der Waals surface area contributed by atoms with Crippen molar-refractivity contribution in [3.8, 4) is 0 Å². The molecule has 5 nitrogen and oxygen atoms in total. The third kappa shape index (κ3) is 2.87. The number of aliphatic hydroxyl groups is 1. The molecular weight excluding hydrogens is 164 g/mol. The highest BCUT2D eigenvalue weighted by Gasteiger charge is 2.29. The number of aliphatic hydroxyl groups excluding tert-OH is 1. The van der Waals surface area contributed by atoms with Crippen LogP contribution in [0.1, 0.15) is 19.3 Å². The molecule has 1 aliphatic rings. The second kappa shape index (κ2) is 3.53. The Labute approximate surface area is 68.9 Å². The van der Waals surface area contributed by atoms with E-state index in [0.29, 0.717) is 0 Å². The topological polar surface area (TPSA) is 83.8 Å². The maximum absolute atomic E-state index is 10.8. The molecule has 1 rings (SSSR count). The van der Waals surface area contributed by atoms with Crippen molar-refractivity contribution < 1.29 is 24.5 Å². The van der Waals surface area contributed by atoms with Crippen molar-refractivity contribution in [2.45, 2.75) is 31.5 Å². The summed E-state index contributed by atoms with van der Waals surface area (Å²) in [4.78, 5) is 20.8. The molecule has 68 valence electrons. The lowest BCUT2D eigenvalue weighted by Crippen LogP contribution is -2.26. The fourth-order valence-corrected chi connectivity index (χ4v) is 0.677. The zero-order valence-corrected chi connectivity index (χ0v) is 6.40. The van der Waals surface area contributed by atoms with Gasteiger partial charge in [-0.25, -0.2) is 4.79 Å². The van der Waals surface area contributed by atoms with Crippen LogP contribution < -0.4 is 0 Å². The number of carboxylic acid groups (broad SMARTS) is 1. The molecule has 5 heteroatoms. The van der Waals surface area contributed by atoms with Gasteiger partial charge in [0, 0.05) is 0 Å². The maximum atomic E-state index is 10.8. The van der Waals surface area contributed by atoms with Crippen molar-refractivity contribution in [2.75, 3.05) is 0 Å². The summed E-state index contributed by atoms with van der Waals surface area (Å²) >= 11 is 0. The third-order valence-electron chi connectivity index (χ3n) is 1.45. The van der Waals surface area contributed by atoms with E-state index in [1.807, 2.05) is 0 Å². The summed E-state index contributed by atoms with van der Waals surface area (Å²) < 4.78 is 4.67. The van der Waals surface area contributed by atoms with Gasteiger partial charge in [0.05, 0.1) is 6.42 Å². The lowest BCUT2D eigenvalue weighted by atomic mass is 10.2. The average molecular weight is 174 g/mol. The Morgan fingerprint density at radius 2 is 2.08 bits per heavy atom. The molecule has 0 saturated heterocycles. The number of carboxylic acids is 1. The molecule has 0 amide bonds. The van der Waals surface area contributed by atoms with Gasteiger partial charge >= 0.3 is 11.9 Å². The van der Waals surface area contributed by atoms with Crippen molar-refractivity contribution in [1.29, 1.82) is 0 Å². The van der Waals surface area contributed by atoms with Crippen LogP contribution in [0.25, 0.3) is 0 Å². The van der Waals surface area contributed by atoms with Crippen LogP contribution in [0.15, 0.2) is 0 Å². The molecule has 0 heterocycles. The second-order valence-electron chi connectivity index (χ2n) is 2.75. The Morgan fingerprint density at radius 1 is 1.50 bits per heavy atom. The standard InChI is InChI=1S/C7H10O5/c8-5(3-6(9)10)7(11)12-4-1-2-4/h4-5,8H,1-3H2,(H,9,10). The number of aliphatic carboxylic acids is 1. The van der Waals surface area contributed by atoms with Gasteiger partial charge in [0.25, 0.3) is 0 Å². The smallest absolute Gasteiger partial charge is 0.335 e. The number of carbonyl (C=O) groups is 2. The van der Waals surface area contributed by atoms with Crippen molar-refractivity contribution in [2.24, 2.45) is 0 Å². The van der Waals surface area contributed by atoms with Crippen molar-refractivity contribution >= 4 is 11.9 Å². The molecule has 0 aliphatic heterocycles. The minimum absolute atomic E-state index is 0.0963. The Bertz CT molecular complexity index is 196. The van der Waals surface area contributed by atoms with Crippen molar-refractivity contribution in [1.82, 2.24) is 0 Å². The number of esters is 1. The van der Waals surface area contributed by atoms with E-state index in [1.54, 1.807) is 0 Å². The summed E-state index contributed by atoms with van der Waals surface area (Å²) in [5, 5.41) is 17.1. The first kappa shape index (κ1) is 8.99. The molecule has 2 N–H and O–H groups in total. The molecule has 0 aromatic carbocycles. The van der Waals surface area contributed by atoms with E-state index in [1.165, 1.54) is 0 Å². The highest BCUT2D eigenvalue weighted by Crippen LogP contribution is 2.24. The zero-order valence-electron chi connectivity index (χ0n) is 6.40. The van der Waals surface area contributed by atoms with Crippen LogP contribution in [-0.2, 0) is 14.3 Å². The first-order chi connectivity index (χ1) is 5.59. The van der Waals surface area contributed by atoms with Gasteiger partial charge in [0.15, 0.2) is 6.10 Å². The molecule has 0 radical (unpaired) electrons. The highest BCUT2D eigenvalue weighted by atomic mass is 16.6. The van der Waals surface area contributed by atoms with E-state index in [9.17, 15) is 9.59 Å². The number of carbonyl (C=O) groups excluding carboxylic acids is 1. The van der Waals surface area contributed by atoms with Crippen LogP contribution in [0, 0.1) is 0 Å². The van der Waals surface area contributed by atoms with Gasteiger partial charge in [-0.3, -0.25) is 4.79 Å². The van der Waals surface area contributed by atoms with E-state index in [0.717, 1.165) is 12.8 Å². The third-order valence-corrected chi connectivity index (χ3v) is 1.45. The normalized spacial score (nSPS) is 18.4. The van der Waals surface area contributed by atoms with Gasteiger partial charge < -0.3 is 14.9 Å². The van der Waals surface area contributed by atoms with Crippen LogP contribution in [0.3, 0.4) is 0 Å². The van der Waals surface area contributed by atoms with Crippen LogP contribution in [0.2, 0.25) is 0 Å². The quantitative estimate of drug-likeness (QED) is 0.563. The van der Waals surface area contributed by atoms with Gasteiger partial charge in [0.2, 0.25) is 0 Å². The zero-order chi connectivity index (χ0) is 9.14. The van der Waals surface area contributed by atoms with E-state index in [2.05, 4.69) is 4.74 Å². The molecule has 0 aromatic rings. The van der Waals surface area contributed by atoms with E-state index in [4.69, 9.17) is 10.2 Å². The van der Waals surface area contributed by atoms with Gasteiger partial charge in [-0.15, -0.1) is 0 Å². The summed E-state index contributed by atoms with van der Waals surface area (Å²) in [5.41, 5.74) is 0. The van der Waals surface area contributed by atoms with Gasteiger partial charge in [-0.05, 0) is 12.8 Å². The molecule has 1 saturated carbocycles. The van der Waals surface area contributed by atoms with E-state index < -0.39 is 24.5 Å². The molecule has 0 bridgehead atoms. The summed E-state index contributed by atoms with van der Waals surface area (Å²) in [5.74, 6) is -2.05. The Hall–Kier alpha value is -1.10. The fourth-order valence-electron chi connectivity index (χ4n) is 0.677. The molecule has 1 unspecified atom stereocenters. The fraction of sp³-hybridized carbons (Fsp3) is 0.714. The molecule has 1 atom stereocenters. The molecule has 0 aromatic heterocycles. The first-order valence-corrected chi connectivity index (χ1v) is 3.70. The van der Waals surface area contributed by atoms with Crippen molar-refractivity contribution in [3.05, 3.63) is 0 Å². The Kier molecular flexibility index (Phi) is 2.65. The minimum Gasteiger partial charge on any atom is -0.481 e. The SMILES string of the molecule is O=C(O)CC(O)C(=O)OC1CC1. The summed E-state index contributed by atoms with van der Waals surface area (Å²) in [6.45, 7) is 0. The molecule has 0 spiro atoms. The van der Waals surface area contributed by atoms with E-state index >= 15 is 0 Å². The van der Waals surface area contributed by atoms with Gasteiger partial charge in [-0.1, -0.05) is 0 Å². The summed E-state index contributed by atoms with van der Waals surface area (Å²) in [6, 6.07) is 0. The van der Waals surface area contributed by atoms with Crippen LogP contribution in [0.5, 0.6) is 0 Å². The predicted octanol–water partition coefficient (Wildman–Crippen LogP) is -0.472. The van der Waals surface area contributed by atoms with E-state index in [-0.39, 0.29) is 6.10 Å². The number of hydrogen-bond donors (Lipinski definition) is 2. The molecule has 1 fully saturated rings. The Morgan fingerprint density at radius 3 is 2.50 bits per heavy atom. The minimum atomic E-state index is -1.52. The van der Waals surface area contributed by atoms with Crippen LogP contribution >= 0.6 is 0 Å². The van der Waals surface area contributed by atoms with Gasteiger partial charge in [0.1, 0.15) is 6.10 Å². The lowest BCUT2D eigenvalue weighted by molar-refractivity contribution is -0.159. The lowest BCUT2D eigenvalue weighted by Gasteiger charge is -2.06. The summed E-state index contributed by atoms with van der Waals surface area (Å²) in [6.07, 6.45) is -0.591. The van der Waals surface area contributed by atoms with Gasteiger partial charge in [-0.2, -0.15) is 0 Å². The molecule has 1 aliphatic carbocycles. The average Bonchev–Trinajstić information content (AvgIpc) is 2.70. The molecular formula is C7H10O5. The predicted molar refractivity (Wildman–Crippen MR) is 37.4 cm³/mol. The number of rotatable bonds is 4. The number of hydrogen-bond acceptors (Lipinski definition) is 4. The number of ether oxygens (including phenoxy) is 1. The second-order valence-corrected chi connectivity index (χ2v) is 2.75. The van der Waals surface area contributed by atoms with Crippen molar-refractivity contribution in [3.63, 3.8) is 0 Å². The maximum Gasteiger partial charge on any atom is 0.335 e. The first-order valence-electron chi connectivity index (χ1n) is 3.70. The summed E-state index contributed by atoms with van der Waals surface area (Å²) in [7, 11) is 0. The highest BCUT2D eigenvalue weighted by molar-refractivity contribution is 5.80. The molecule has 12 heavy (non-hydrogen) atoms. The van der Waals surface area contributed by atoms with Crippen LogP contribution in [-0.4, -0.2) is 34.4 Å².